The van der Waals surface area contributed by atoms with E-state index in [0.29, 0.717) is 18.7 Å². The van der Waals surface area contributed by atoms with Gasteiger partial charge in [-0.05, 0) is 29.3 Å². The Kier molecular flexibility index (Phi) is 6.34. The molecular formula is C22H18Cl2F4N2O3. The van der Waals surface area contributed by atoms with Crippen molar-refractivity contribution >= 4 is 34.8 Å². The normalized spacial score (nSPS) is 20.9. The van der Waals surface area contributed by atoms with E-state index in [2.05, 4.69) is 5.48 Å². The number of likely N-dealkylation sites (tertiary alicyclic amines) is 1. The van der Waals surface area contributed by atoms with Crippen LogP contribution in [-0.2, 0) is 20.0 Å². The molecule has 0 spiro atoms. The average Bonchev–Trinajstić information content (AvgIpc) is 3.18. The van der Waals surface area contributed by atoms with Crippen LogP contribution >= 0.6 is 23.2 Å². The van der Waals surface area contributed by atoms with E-state index in [1.165, 1.54) is 7.11 Å². The topological polar surface area (TPSA) is 50.8 Å². The van der Waals surface area contributed by atoms with E-state index >= 15 is 0 Å². The first kappa shape index (κ1) is 23.8. The van der Waals surface area contributed by atoms with E-state index in [1.54, 1.807) is 29.2 Å². The van der Waals surface area contributed by atoms with Crippen LogP contribution in [0, 0.1) is 5.82 Å². The van der Waals surface area contributed by atoms with Gasteiger partial charge in [0.2, 0.25) is 11.5 Å². The van der Waals surface area contributed by atoms with Gasteiger partial charge in [0, 0.05) is 31.7 Å². The number of nitrogens with zero attached hydrogens (tertiary/aromatic N) is 1. The lowest BCUT2D eigenvalue weighted by atomic mass is 9.89. The Labute approximate surface area is 196 Å². The molecule has 1 fully saturated rings. The molecule has 1 unspecified atom stereocenters. The number of rotatable bonds is 5. The van der Waals surface area contributed by atoms with Crippen LogP contribution in [0.3, 0.4) is 0 Å². The molecule has 2 aliphatic rings. The molecule has 0 aliphatic carbocycles. The Morgan fingerprint density at radius 1 is 1.21 bits per heavy atom. The molecule has 5 nitrogen and oxygen atoms in total. The number of benzene rings is 2. The number of nitrogens with one attached hydrogen (secondary N) is 1. The second-order valence-corrected chi connectivity index (χ2v) is 8.61. The number of carbonyl (C=O) groups is 1. The van der Waals surface area contributed by atoms with Crippen molar-refractivity contribution < 1.29 is 31.9 Å². The van der Waals surface area contributed by atoms with E-state index in [9.17, 15) is 22.4 Å². The highest BCUT2D eigenvalue weighted by Gasteiger charge is 2.59. The molecule has 2 aromatic carbocycles. The Hall–Kier alpha value is -2.33. The maximum absolute atomic E-state index is 14.1. The smallest absolute Gasteiger partial charge is 0.375 e. The van der Waals surface area contributed by atoms with Gasteiger partial charge in [-0.15, -0.1) is 0 Å². The van der Waals surface area contributed by atoms with E-state index in [-0.39, 0.29) is 24.1 Å². The molecule has 176 valence electrons. The number of carbonyl (C=O) groups excluding carboxylic acids is 1. The van der Waals surface area contributed by atoms with Crippen molar-refractivity contribution in [3.63, 3.8) is 0 Å². The maximum atomic E-state index is 14.1. The second-order valence-electron chi connectivity index (χ2n) is 7.80. The van der Waals surface area contributed by atoms with Crippen molar-refractivity contribution in [1.29, 1.82) is 0 Å². The highest BCUT2D eigenvalue weighted by molar-refractivity contribution is 6.35. The number of hydroxylamine groups is 1. The minimum Gasteiger partial charge on any atom is -0.375 e. The maximum Gasteiger partial charge on any atom is 0.428 e. The molecule has 2 aliphatic heterocycles. The molecule has 2 aromatic rings. The molecule has 0 bridgehead atoms. The van der Waals surface area contributed by atoms with Crippen molar-refractivity contribution in [1.82, 2.24) is 10.4 Å². The van der Waals surface area contributed by atoms with Gasteiger partial charge in [-0.1, -0.05) is 47.5 Å². The molecule has 1 N–H and O–H groups in total. The van der Waals surface area contributed by atoms with Crippen LogP contribution in [0.1, 0.15) is 22.6 Å². The lowest BCUT2D eigenvalue weighted by Gasteiger charge is -2.39. The summed E-state index contributed by atoms with van der Waals surface area (Å²) >= 11 is 11.4. The van der Waals surface area contributed by atoms with Gasteiger partial charge in [0.1, 0.15) is 6.61 Å². The number of halogens is 6. The lowest BCUT2D eigenvalue weighted by Crippen LogP contribution is -2.49. The van der Waals surface area contributed by atoms with Gasteiger partial charge in [-0.25, -0.2) is 4.39 Å². The number of methoxy groups -OCH3 is 1. The van der Waals surface area contributed by atoms with Crippen LogP contribution in [0.25, 0.3) is 5.70 Å². The third kappa shape index (κ3) is 4.30. The first-order chi connectivity index (χ1) is 15.6. The summed E-state index contributed by atoms with van der Waals surface area (Å²) in [5.74, 6) is -0.963. The van der Waals surface area contributed by atoms with Crippen LogP contribution in [0.5, 0.6) is 0 Å². The average molecular weight is 505 g/mol. The first-order valence-corrected chi connectivity index (χ1v) is 10.6. The molecule has 11 heteroatoms. The minimum absolute atomic E-state index is 0.0247. The standard InChI is InChI=1S/C22H18Cl2F4N2O3/c1-32-11-19(31)30-9-14(10-30)12-2-4-13(5-3-12)18-8-21(33-29-18,22(26,27)28)15-6-16(23)20(25)17(24)7-15/h2-8,14,29H,9-11H2,1H3. The van der Waals surface area contributed by atoms with Crippen molar-refractivity contribution in [3.8, 4) is 0 Å². The van der Waals surface area contributed by atoms with E-state index in [1.807, 2.05) is 0 Å². The summed E-state index contributed by atoms with van der Waals surface area (Å²) in [4.78, 5) is 18.5. The molecule has 1 atom stereocenters. The fourth-order valence-electron chi connectivity index (χ4n) is 3.80. The van der Waals surface area contributed by atoms with Gasteiger partial charge in [0.05, 0.1) is 15.7 Å². The fourth-order valence-corrected chi connectivity index (χ4v) is 4.29. The molecule has 0 aromatic heterocycles. The molecule has 1 amide bonds. The van der Waals surface area contributed by atoms with Crippen LogP contribution in [0.2, 0.25) is 10.0 Å². The number of ether oxygens (including phenoxy) is 1. The molecule has 2 heterocycles. The zero-order chi connectivity index (χ0) is 24.0. The molecule has 0 saturated carbocycles. The highest BCUT2D eigenvalue weighted by Crippen LogP contribution is 2.48. The Bertz CT molecular complexity index is 1080. The summed E-state index contributed by atoms with van der Waals surface area (Å²) in [6.45, 7) is 1.13. The van der Waals surface area contributed by atoms with E-state index in [4.69, 9.17) is 32.8 Å². The first-order valence-electron chi connectivity index (χ1n) is 9.81. The Morgan fingerprint density at radius 3 is 2.36 bits per heavy atom. The number of hydrogen-bond donors (Lipinski definition) is 1. The molecular weight excluding hydrogens is 487 g/mol. The van der Waals surface area contributed by atoms with Crippen LogP contribution < -0.4 is 5.48 Å². The number of alkyl halides is 3. The van der Waals surface area contributed by atoms with Gasteiger partial charge < -0.3 is 9.64 Å². The summed E-state index contributed by atoms with van der Waals surface area (Å²) in [5.41, 5.74) is 0.463. The van der Waals surface area contributed by atoms with Gasteiger partial charge in [-0.3, -0.25) is 15.1 Å². The third-order valence-corrected chi connectivity index (χ3v) is 6.25. The van der Waals surface area contributed by atoms with Crippen molar-refractivity contribution in [2.24, 2.45) is 0 Å². The summed E-state index contributed by atoms with van der Waals surface area (Å²) in [5, 5.41) is -1.09. The van der Waals surface area contributed by atoms with Gasteiger partial charge in [0.25, 0.3) is 0 Å². The highest BCUT2D eigenvalue weighted by atomic mass is 35.5. The van der Waals surface area contributed by atoms with Crippen molar-refractivity contribution in [2.45, 2.75) is 17.7 Å². The van der Waals surface area contributed by atoms with E-state index < -0.39 is 33.2 Å². The summed E-state index contributed by atoms with van der Waals surface area (Å²) in [7, 11) is 1.45. The molecule has 4 rings (SSSR count). The zero-order valence-corrected chi connectivity index (χ0v) is 18.7. The predicted molar refractivity (Wildman–Crippen MR) is 114 cm³/mol. The third-order valence-electron chi connectivity index (χ3n) is 5.70. The Balaban J connectivity index is 1.58. The molecule has 0 radical (unpaired) electrons. The lowest BCUT2D eigenvalue weighted by molar-refractivity contribution is -0.269. The minimum atomic E-state index is -4.89. The van der Waals surface area contributed by atoms with Gasteiger partial charge in [0.15, 0.2) is 5.82 Å². The van der Waals surface area contributed by atoms with Gasteiger partial charge >= 0.3 is 6.18 Å². The van der Waals surface area contributed by atoms with Crippen molar-refractivity contribution in [3.05, 3.63) is 75.0 Å². The Morgan fingerprint density at radius 2 is 1.82 bits per heavy atom. The number of amides is 1. The fraction of sp³-hybridized carbons (Fsp3) is 0.318. The second kappa shape index (κ2) is 8.79. The van der Waals surface area contributed by atoms with Crippen molar-refractivity contribution in [2.75, 3.05) is 26.8 Å². The van der Waals surface area contributed by atoms with Gasteiger partial charge in [-0.2, -0.15) is 13.2 Å². The zero-order valence-electron chi connectivity index (χ0n) is 17.2. The molecule has 33 heavy (non-hydrogen) atoms. The predicted octanol–water partition coefficient (Wildman–Crippen LogP) is 5.04. The summed E-state index contributed by atoms with van der Waals surface area (Å²) < 4.78 is 60.9. The SMILES string of the molecule is COCC(=O)N1CC(c2ccc(C3=CC(c4cc(Cl)c(F)c(Cl)c4)(C(F)(F)F)ON3)cc2)C1. The summed E-state index contributed by atoms with van der Waals surface area (Å²) in [6.07, 6.45) is -4.02. The van der Waals surface area contributed by atoms with Crippen LogP contribution in [0.4, 0.5) is 17.6 Å². The van der Waals surface area contributed by atoms with Crippen LogP contribution in [0.15, 0.2) is 42.5 Å². The quantitative estimate of drug-likeness (QED) is 0.457. The van der Waals surface area contributed by atoms with Crippen LogP contribution in [-0.4, -0.2) is 43.8 Å². The monoisotopic (exact) mass is 504 g/mol. The molecule has 1 saturated heterocycles. The summed E-state index contributed by atoms with van der Waals surface area (Å²) in [6, 6.07) is 8.59. The largest absolute Gasteiger partial charge is 0.428 e. The van der Waals surface area contributed by atoms with E-state index in [0.717, 1.165) is 23.8 Å². The number of hydrogen-bond acceptors (Lipinski definition) is 4.